The number of para-hydroxylation sites is 1. The molecule has 2 aromatic rings. The quantitative estimate of drug-likeness (QED) is 0.797. The van der Waals surface area contributed by atoms with Crippen molar-refractivity contribution in [3.8, 4) is 5.69 Å². The minimum atomic E-state index is -0.455. The fourth-order valence-electron chi connectivity index (χ4n) is 2.93. The van der Waals surface area contributed by atoms with Crippen LogP contribution in [-0.2, 0) is 0 Å². The molecule has 1 aliphatic carbocycles. The molecule has 0 radical (unpaired) electrons. The number of aryl methyl sites for hydroxylation is 1. The molecule has 26 heavy (non-hydrogen) atoms. The van der Waals surface area contributed by atoms with Crippen LogP contribution in [0.4, 0.5) is 4.39 Å². The number of hydrogen-bond donors (Lipinski definition) is 0. The lowest BCUT2D eigenvalue weighted by Crippen LogP contribution is -2.38. The molecule has 1 fully saturated rings. The number of rotatable bonds is 6. The van der Waals surface area contributed by atoms with Gasteiger partial charge < -0.3 is 4.90 Å². The van der Waals surface area contributed by atoms with E-state index in [1.54, 1.807) is 30.0 Å². The minimum Gasteiger partial charge on any atom is -0.334 e. The van der Waals surface area contributed by atoms with Gasteiger partial charge in [0.2, 0.25) is 5.43 Å². The Morgan fingerprint density at radius 1 is 1.35 bits per heavy atom. The Labute approximate surface area is 152 Å². The van der Waals surface area contributed by atoms with Crippen molar-refractivity contribution < 1.29 is 9.18 Å². The van der Waals surface area contributed by atoms with Crippen LogP contribution in [0.3, 0.4) is 0 Å². The van der Waals surface area contributed by atoms with Crippen LogP contribution >= 0.6 is 0 Å². The summed E-state index contributed by atoms with van der Waals surface area (Å²) in [5.74, 6) is -0.350. The molecule has 6 heteroatoms. The van der Waals surface area contributed by atoms with Crippen molar-refractivity contribution in [1.29, 1.82) is 0 Å². The van der Waals surface area contributed by atoms with Gasteiger partial charge in [0.1, 0.15) is 11.5 Å². The highest BCUT2D eigenvalue weighted by atomic mass is 19.1. The van der Waals surface area contributed by atoms with Gasteiger partial charge in [0, 0.05) is 24.3 Å². The highest BCUT2D eigenvalue weighted by molar-refractivity contribution is 5.92. The van der Waals surface area contributed by atoms with Crippen molar-refractivity contribution in [3.05, 3.63) is 57.8 Å². The first-order chi connectivity index (χ1) is 12.4. The van der Waals surface area contributed by atoms with E-state index in [1.807, 2.05) is 0 Å². The molecule has 0 unspecified atom stereocenters. The first-order valence-corrected chi connectivity index (χ1v) is 9.05. The number of hydrogen-bond acceptors (Lipinski definition) is 3. The summed E-state index contributed by atoms with van der Waals surface area (Å²) in [6.45, 7) is 6.48. The molecule has 5 nitrogen and oxygen atoms in total. The molecule has 0 atom stereocenters. The smallest absolute Gasteiger partial charge is 0.278 e. The average Bonchev–Trinajstić information content (AvgIpc) is 3.40. The Morgan fingerprint density at radius 3 is 2.65 bits per heavy atom. The standard InChI is InChI=1S/C20H24FN3O2/c1-13(2)10-11-23(15-8-9-15)20(26)19-18(25)12-14(3)24(22-19)17-7-5-4-6-16(17)21/h4-7,12-13,15H,8-11H2,1-3H3. The molecule has 1 aromatic carbocycles. The molecule has 0 N–H and O–H groups in total. The summed E-state index contributed by atoms with van der Waals surface area (Å²) in [7, 11) is 0. The second-order valence-electron chi connectivity index (χ2n) is 7.27. The number of aromatic nitrogens is 2. The topological polar surface area (TPSA) is 55.2 Å². The molecule has 138 valence electrons. The number of halogens is 1. The summed E-state index contributed by atoms with van der Waals surface area (Å²) >= 11 is 0. The molecular formula is C20H24FN3O2. The van der Waals surface area contributed by atoms with Crippen LogP contribution in [-0.4, -0.2) is 33.2 Å². The van der Waals surface area contributed by atoms with Gasteiger partial charge >= 0.3 is 0 Å². The molecule has 1 amide bonds. The maximum Gasteiger partial charge on any atom is 0.278 e. The Kier molecular flexibility index (Phi) is 5.20. The van der Waals surface area contributed by atoms with Crippen LogP contribution < -0.4 is 5.43 Å². The Bertz CT molecular complexity index is 872. The normalized spacial score (nSPS) is 13.9. The van der Waals surface area contributed by atoms with E-state index in [-0.39, 0.29) is 23.3 Å². The van der Waals surface area contributed by atoms with Gasteiger partial charge in [-0.25, -0.2) is 9.07 Å². The largest absolute Gasteiger partial charge is 0.334 e. The van der Waals surface area contributed by atoms with E-state index in [9.17, 15) is 14.0 Å². The fraction of sp³-hybridized carbons (Fsp3) is 0.450. The summed E-state index contributed by atoms with van der Waals surface area (Å²) in [5, 5.41) is 4.23. The second kappa shape index (κ2) is 7.40. The maximum absolute atomic E-state index is 14.2. The van der Waals surface area contributed by atoms with E-state index in [1.165, 1.54) is 16.8 Å². The summed E-state index contributed by atoms with van der Waals surface area (Å²) < 4.78 is 15.5. The van der Waals surface area contributed by atoms with E-state index in [4.69, 9.17) is 0 Å². The van der Waals surface area contributed by atoms with E-state index in [2.05, 4.69) is 18.9 Å². The Hall–Kier alpha value is -2.50. The number of benzene rings is 1. The van der Waals surface area contributed by atoms with E-state index in [0.29, 0.717) is 18.2 Å². The zero-order valence-corrected chi connectivity index (χ0v) is 15.4. The zero-order valence-electron chi connectivity index (χ0n) is 15.4. The highest BCUT2D eigenvalue weighted by Crippen LogP contribution is 2.28. The van der Waals surface area contributed by atoms with Crippen LogP contribution in [0.1, 0.15) is 49.3 Å². The van der Waals surface area contributed by atoms with Gasteiger partial charge in [-0.15, -0.1) is 0 Å². The second-order valence-corrected chi connectivity index (χ2v) is 7.27. The first kappa shape index (κ1) is 18.3. The predicted molar refractivity (Wildman–Crippen MR) is 98.0 cm³/mol. The lowest BCUT2D eigenvalue weighted by atomic mass is 10.1. The van der Waals surface area contributed by atoms with Crippen molar-refractivity contribution in [2.45, 2.75) is 46.1 Å². The van der Waals surface area contributed by atoms with Gasteiger partial charge in [-0.3, -0.25) is 9.59 Å². The molecular weight excluding hydrogens is 333 g/mol. The van der Waals surface area contributed by atoms with E-state index >= 15 is 0 Å². The molecule has 0 bridgehead atoms. The Balaban J connectivity index is 1.99. The molecule has 1 aliphatic rings. The van der Waals surface area contributed by atoms with Crippen LogP contribution in [0.2, 0.25) is 0 Å². The number of carbonyl (C=O) groups excluding carboxylic acids is 1. The lowest BCUT2D eigenvalue weighted by molar-refractivity contribution is 0.0726. The third-order valence-electron chi connectivity index (χ3n) is 4.59. The third kappa shape index (κ3) is 3.84. The van der Waals surface area contributed by atoms with Gasteiger partial charge in [-0.1, -0.05) is 26.0 Å². The van der Waals surface area contributed by atoms with Gasteiger partial charge in [0.15, 0.2) is 5.69 Å². The van der Waals surface area contributed by atoms with Gasteiger partial charge in [-0.2, -0.15) is 5.10 Å². The lowest BCUT2D eigenvalue weighted by Gasteiger charge is -2.23. The first-order valence-electron chi connectivity index (χ1n) is 9.05. The predicted octanol–water partition coefficient (Wildman–Crippen LogP) is 3.33. The van der Waals surface area contributed by atoms with Gasteiger partial charge in [0.05, 0.1) is 0 Å². The summed E-state index contributed by atoms with van der Waals surface area (Å²) in [6.07, 6.45) is 2.78. The zero-order chi connectivity index (χ0) is 18.8. The molecule has 1 saturated carbocycles. The third-order valence-corrected chi connectivity index (χ3v) is 4.59. The van der Waals surface area contributed by atoms with Crippen LogP contribution in [0.15, 0.2) is 35.1 Å². The molecule has 3 rings (SSSR count). The van der Waals surface area contributed by atoms with Crippen LogP contribution in [0.25, 0.3) is 5.69 Å². The summed E-state index contributed by atoms with van der Waals surface area (Å²) in [6, 6.07) is 7.72. The van der Waals surface area contributed by atoms with Crippen LogP contribution in [0.5, 0.6) is 0 Å². The van der Waals surface area contributed by atoms with Crippen molar-refractivity contribution in [3.63, 3.8) is 0 Å². The van der Waals surface area contributed by atoms with E-state index < -0.39 is 11.2 Å². The van der Waals surface area contributed by atoms with Crippen LogP contribution in [0, 0.1) is 18.7 Å². The average molecular weight is 357 g/mol. The van der Waals surface area contributed by atoms with Crippen molar-refractivity contribution >= 4 is 5.91 Å². The number of nitrogens with zero attached hydrogens (tertiary/aromatic N) is 3. The monoisotopic (exact) mass is 357 g/mol. The maximum atomic E-state index is 14.2. The SMILES string of the molecule is Cc1cc(=O)c(C(=O)N(CCC(C)C)C2CC2)nn1-c1ccccc1F. The Morgan fingerprint density at radius 2 is 2.04 bits per heavy atom. The van der Waals surface area contributed by atoms with Gasteiger partial charge in [-0.05, 0) is 44.2 Å². The van der Waals surface area contributed by atoms with Crippen molar-refractivity contribution in [1.82, 2.24) is 14.7 Å². The minimum absolute atomic E-state index is 0.144. The van der Waals surface area contributed by atoms with E-state index in [0.717, 1.165) is 19.3 Å². The summed E-state index contributed by atoms with van der Waals surface area (Å²) in [5.41, 5.74) is 0.140. The molecule has 0 saturated heterocycles. The molecule has 0 spiro atoms. The van der Waals surface area contributed by atoms with Crippen molar-refractivity contribution in [2.75, 3.05) is 6.54 Å². The number of amides is 1. The molecule has 1 aromatic heterocycles. The molecule has 0 aliphatic heterocycles. The molecule has 1 heterocycles. The summed E-state index contributed by atoms with van der Waals surface area (Å²) in [4.78, 5) is 27.2. The van der Waals surface area contributed by atoms with Crippen molar-refractivity contribution in [2.24, 2.45) is 5.92 Å². The number of carbonyl (C=O) groups is 1. The van der Waals surface area contributed by atoms with Gasteiger partial charge in [0.25, 0.3) is 5.91 Å². The fourth-order valence-corrected chi connectivity index (χ4v) is 2.93. The highest BCUT2D eigenvalue weighted by Gasteiger charge is 2.34.